The van der Waals surface area contributed by atoms with Gasteiger partial charge in [0.2, 0.25) is 0 Å². The van der Waals surface area contributed by atoms with Gasteiger partial charge in [-0.05, 0) is 83.5 Å². The van der Waals surface area contributed by atoms with Crippen molar-refractivity contribution in [2.24, 2.45) is 0 Å². The zero-order chi connectivity index (χ0) is 41.5. The van der Waals surface area contributed by atoms with Crippen LogP contribution in [0.1, 0.15) is 226 Å². The predicted octanol–water partition coefficient (Wildman–Crippen LogP) is 15.3. The number of unbranched alkanes of at least 4 members (excludes halogenated alkanes) is 21. The van der Waals surface area contributed by atoms with E-state index in [0.29, 0.717) is 19.3 Å². The fourth-order valence-corrected chi connectivity index (χ4v) is 6.43. The first kappa shape index (κ1) is 54.1. The second kappa shape index (κ2) is 45.8. The molecule has 0 rings (SSSR count). The van der Waals surface area contributed by atoms with Crippen LogP contribution in [-0.4, -0.2) is 37.2 Å². The summed E-state index contributed by atoms with van der Waals surface area (Å²) >= 11 is 0. The summed E-state index contributed by atoms with van der Waals surface area (Å²) in [4.78, 5) is 37.7. The summed E-state index contributed by atoms with van der Waals surface area (Å²) in [5.74, 6) is -0.949. The van der Waals surface area contributed by atoms with E-state index in [2.05, 4.69) is 81.5 Å². The van der Waals surface area contributed by atoms with E-state index in [9.17, 15) is 14.4 Å². The lowest BCUT2D eigenvalue weighted by Crippen LogP contribution is -2.30. The first-order valence-electron chi connectivity index (χ1n) is 23.8. The van der Waals surface area contributed by atoms with Crippen LogP contribution in [0.25, 0.3) is 0 Å². The Balaban J connectivity index is 4.40. The largest absolute Gasteiger partial charge is 0.462 e. The molecule has 0 aromatic carbocycles. The number of hydrogen-bond donors (Lipinski definition) is 0. The van der Waals surface area contributed by atoms with Crippen LogP contribution >= 0.6 is 0 Å². The molecule has 1 atom stereocenters. The molecule has 0 bridgehead atoms. The second-order valence-corrected chi connectivity index (χ2v) is 15.6. The van der Waals surface area contributed by atoms with E-state index in [1.807, 2.05) is 0 Å². The van der Waals surface area contributed by atoms with E-state index in [1.54, 1.807) is 0 Å². The summed E-state index contributed by atoms with van der Waals surface area (Å²) in [5, 5.41) is 0. The minimum Gasteiger partial charge on any atom is -0.462 e. The third-order valence-corrected chi connectivity index (χ3v) is 10.0. The van der Waals surface area contributed by atoms with Crippen LogP contribution in [0.4, 0.5) is 0 Å². The van der Waals surface area contributed by atoms with Crippen LogP contribution in [-0.2, 0) is 28.6 Å². The van der Waals surface area contributed by atoms with Crippen molar-refractivity contribution in [1.82, 2.24) is 0 Å². The Labute approximate surface area is 351 Å². The summed E-state index contributed by atoms with van der Waals surface area (Å²) in [6.45, 7) is 6.44. The van der Waals surface area contributed by atoms with E-state index in [-0.39, 0.29) is 37.5 Å². The van der Waals surface area contributed by atoms with Crippen molar-refractivity contribution in [3.05, 3.63) is 60.8 Å². The van der Waals surface area contributed by atoms with Crippen LogP contribution in [0.15, 0.2) is 60.8 Å². The molecule has 0 N–H and O–H groups in total. The molecule has 0 amide bonds. The summed E-state index contributed by atoms with van der Waals surface area (Å²) in [7, 11) is 0. The molecule has 0 saturated carbocycles. The van der Waals surface area contributed by atoms with E-state index >= 15 is 0 Å². The van der Waals surface area contributed by atoms with Crippen molar-refractivity contribution in [2.45, 2.75) is 232 Å². The number of hydrogen-bond acceptors (Lipinski definition) is 6. The van der Waals surface area contributed by atoms with E-state index in [1.165, 1.54) is 96.3 Å². The van der Waals surface area contributed by atoms with Crippen molar-refractivity contribution in [3.8, 4) is 0 Å². The second-order valence-electron chi connectivity index (χ2n) is 15.6. The van der Waals surface area contributed by atoms with Crippen molar-refractivity contribution >= 4 is 17.9 Å². The molecule has 1 unspecified atom stereocenters. The molecule has 0 aliphatic carbocycles. The van der Waals surface area contributed by atoms with Crippen molar-refractivity contribution in [3.63, 3.8) is 0 Å². The molecule has 328 valence electrons. The Kier molecular flexibility index (Phi) is 43.5. The summed E-state index contributed by atoms with van der Waals surface area (Å²) in [6.07, 6.45) is 55.0. The van der Waals surface area contributed by atoms with Gasteiger partial charge in [0, 0.05) is 19.3 Å². The Morgan fingerprint density at radius 1 is 0.368 bits per heavy atom. The van der Waals surface area contributed by atoms with E-state index in [0.717, 1.165) is 83.5 Å². The van der Waals surface area contributed by atoms with Gasteiger partial charge in [-0.2, -0.15) is 0 Å². The molecule has 0 saturated heterocycles. The fourth-order valence-electron chi connectivity index (χ4n) is 6.43. The smallest absolute Gasteiger partial charge is 0.306 e. The SMILES string of the molecule is CC/C=C\C/C=C\C/C=C\C/C=C\CCCCC(=O)OC(COC(=O)CCCCCCC/C=C\CCCCCCCCC)COC(=O)CCCCCCCCCC. The van der Waals surface area contributed by atoms with Crippen molar-refractivity contribution < 1.29 is 28.6 Å². The third kappa shape index (κ3) is 44.1. The first-order valence-corrected chi connectivity index (χ1v) is 23.8. The number of ether oxygens (including phenoxy) is 3. The summed E-state index contributed by atoms with van der Waals surface area (Å²) < 4.78 is 16.7. The molecule has 0 spiro atoms. The predicted molar refractivity (Wildman–Crippen MR) is 242 cm³/mol. The molecule has 57 heavy (non-hydrogen) atoms. The maximum atomic E-state index is 12.7. The zero-order valence-corrected chi connectivity index (χ0v) is 37.3. The molecule has 0 aromatic heterocycles. The minimum atomic E-state index is -0.794. The Morgan fingerprint density at radius 3 is 1.12 bits per heavy atom. The Bertz CT molecular complexity index is 1050. The Morgan fingerprint density at radius 2 is 0.684 bits per heavy atom. The molecule has 0 fully saturated rings. The van der Waals surface area contributed by atoms with Crippen LogP contribution in [0.3, 0.4) is 0 Å². The van der Waals surface area contributed by atoms with Gasteiger partial charge in [0.1, 0.15) is 13.2 Å². The average Bonchev–Trinajstić information content (AvgIpc) is 3.21. The maximum Gasteiger partial charge on any atom is 0.306 e. The molecule has 0 radical (unpaired) electrons. The lowest BCUT2D eigenvalue weighted by molar-refractivity contribution is -0.167. The van der Waals surface area contributed by atoms with Crippen LogP contribution in [0.5, 0.6) is 0 Å². The van der Waals surface area contributed by atoms with Crippen LogP contribution in [0.2, 0.25) is 0 Å². The molecular formula is C51H88O6. The number of esters is 3. The highest BCUT2D eigenvalue weighted by molar-refractivity contribution is 5.71. The molecule has 6 nitrogen and oxygen atoms in total. The van der Waals surface area contributed by atoms with Gasteiger partial charge in [-0.25, -0.2) is 0 Å². The number of carbonyl (C=O) groups is 3. The van der Waals surface area contributed by atoms with Gasteiger partial charge in [-0.1, -0.05) is 184 Å². The summed E-state index contributed by atoms with van der Waals surface area (Å²) in [6, 6.07) is 0. The van der Waals surface area contributed by atoms with Gasteiger partial charge in [-0.3, -0.25) is 14.4 Å². The van der Waals surface area contributed by atoms with Crippen molar-refractivity contribution in [1.29, 1.82) is 0 Å². The topological polar surface area (TPSA) is 78.9 Å². The number of allylic oxidation sites excluding steroid dienone is 10. The average molecular weight is 797 g/mol. The van der Waals surface area contributed by atoms with Crippen LogP contribution in [0, 0.1) is 0 Å². The molecule has 0 aromatic rings. The minimum absolute atomic E-state index is 0.0929. The lowest BCUT2D eigenvalue weighted by Gasteiger charge is -2.18. The molecular weight excluding hydrogens is 709 g/mol. The summed E-state index contributed by atoms with van der Waals surface area (Å²) in [5.41, 5.74) is 0. The molecule has 6 heteroatoms. The number of carbonyl (C=O) groups excluding carboxylic acids is 3. The van der Waals surface area contributed by atoms with Crippen LogP contribution < -0.4 is 0 Å². The highest BCUT2D eigenvalue weighted by Gasteiger charge is 2.19. The zero-order valence-electron chi connectivity index (χ0n) is 37.3. The van der Waals surface area contributed by atoms with Gasteiger partial charge in [0.05, 0.1) is 0 Å². The normalized spacial score (nSPS) is 12.5. The van der Waals surface area contributed by atoms with Gasteiger partial charge in [-0.15, -0.1) is 0 Å². The monoisotopic (exact) mass is 797 g/mol. The maximum absolute atomic E-state index is 12.7. The molecule has 0 aliphatic rings. The molecule has 0 aliphatic heterocycles. The highest BCUT2D eigenvalue weighted by Crippen LogP contribution is 2.13. The van der Waals surface area contributed by atoms with Gasteiger partial charge in [0.25, 0.3) is 0 Å². The molecule has 0 heterocycles. The Hall–Kier alpha value is -2.89. The van der Waals surface area contributed by atoms with Gasteiger partial charge in [0.15, 0.2) is 6.10 Å². The van der Waals surface area contributed by atoms with Gasteiger partial charge < -0.3 is 14.2 Å². The van der Waals surface area contributed by atoms with E-state index < -0.39 is 6.10 Å². The van der Waals surface area contributed by atoms with Gasteiger partial charge >= 0.3 is 17.9 Å². The standard InChI is InChI=1S/C51H88O6/c1-4-7-10-13-16-19-21-23-25-27-28-30-32-35-38-41-44-50(53)56-47-48(46-55-49(52)43-40-37-34-18-15-12-9-6-3)57-51(54)45-42-39-36-33-31-29-26-24-22-20-17-14-11-8-5-2/h8,11,17,20,24-27,31,33,48H,4-7,9-10,12-16,18-19,21-23,28-30,32,34-47H2,1-3H3/b11-8-,20-17-,26-24-,27-25-,33-31-. The number of rotatable bonds is 42. The van der Waals surface area contributed by atoms with E-state index in [4.69, 9.17) is 14.2 Å². The fraction of sp³-hybridized carbons (Fsp3) is 0.745. The highest BCUT2D eigenvalue weighted by atomic mass is 16.6. The first-order chi connectivity index (χ1) is 28.0. The quantitative estimate of drug-likeness (QED) is 0.0265. The lowest BCUT2D eigenvalue weighted by atomic mass is 10.1. The third-order valence-electron chi connectivity index (χ3n) is 10.0. The van der Waals surface area contributed by atoms with Crippen molar-refractivity contribution in [2.75, 3.05) is 13.2 Å².